The van der Waals surface area contributed by atoms with Crippen LogP contribution in [0.2, 0.25) is 0 Å². The van der Waals surface area contributed by atoms with E-state index in [2.05, 4.69) is 15.3 Å². The van der Waals surface area contributed by atoms with Crippen molar-refractivity contribution in [2.45, 2.75) is 85.2 Å². The van der Waals surface area contributed by atoms with Gasteiger partial charge < -0.3 is 29.2 Å². The predicted molar refractivity (Wildman–Crippen MR) is 135 cm³/mol. The average Bonchev–Trinajstić information content (AvgIpc) is 2.97. The minimum absolute atomic E-state index is 0.0705. The zero-order valence-electron chi connectivity index (χ0n) is 22.5. The minimum atomic E-state index is -0.646. The fourth-order valence-corrected chi connectivity index (χ4v) is 3.87. The molecular weight excluding hydrogens is 449 g/mol. The van der Waals surface area contributed by atoms with E-state index in [0.717, 1.165) is 5.46 Å². The maximum absolute atomic E-state index is 13.2. The first kappa shape index (κ1) is 27.2. The topological polar surface area (TPSA) is 106 Å². The summed E-state index contributed by atoms with van der Waals surface area (Å²) in [6.07, 6.45) is 2.89. The van der Waals surface area contributed by atoms with Gasteiger partial charge in [-0.05, 0) is 54.4 Å². The predicted octanol–water partition coefficient (Wildman–Crippen LogP) is 1.97. The van der Waals surface area contributed by atoms with Gasteiger partial charge in [-0.2, -0.15) is 0 Å². The van der Waals surface area contributed by atoms with Crippen LogP contribution in [0.3, 0.4) is 0 Å². The number of rotatable bonds is 5. The van der Waals surface area contributed by atoms with Gasteiger partial charge in [0.2, 0.25) is 11.9 Å². The number of hydrogen-bond donors (Lipinski definition) is 1. The molecule has 2 fully saturated rings. The highest BCUT2D eigenvalue weighted by Crippen LogP contribution is 2.36. The molecule has 0 saturated carbocycles. The molecular formula is C24H40BN5O5. The van der Waals surface area contributed by atoms with Crippen LogP contribution in [0, 0.1) is 5.92 Å². The number of anilines is 1. The van der Waals surface area contributed by atoms with Gasteiger partial charge >= 0.3 is 13.2 Å². The lowest BCUT2D eigenvalue weighted by Crippen LogP contribution is -2.57. The van der Waals surface area contributed by atoms with E-state index in [0.29, 0.717) is 32.1 Å². The summed E-state index contributed by atoms with van der Waals surface area (Å²) in [6.45, 7) is 19.5. The van der Waals surface area contributed by atoms with Crippen molar-refractivity contribution in [3.05, 3.63) is 12.4 Å². The smallest absolute Gasteiger partial charge is 0.444 e. The second-order valence-corrected chi connectivity index (χ2v) is 11.6. The van der Waals surface area contributed by atoms with Crippen LogP contribution < -0.4 is 15.7 Å². The highest BCUT2D eigenvalue weighted by Gasteiger charge is 2.52. The number of carbonyl (C=O) groups excluding carboxylic acids is 2. The number of piperazine rings is 1. The molecule has 2 amide bonds. The van der Waals surface area contributed by atoms with Crippen molar-refractivity contribution in [2.75, 3.05) is 31.1 Å². The monoisotopic (exact) mass is 489 g/mol. The third-order valence-corrected chi connectivity index (χ3v) is 6.66. The molecule has 2 aliphatic rings. The molecule has 0 unspecified atom stereocenters. The van der Waals surface area contributed by atoms with E-state index in [4.69, 9.17) is 14.0 Å². The Bertz CT molecular complexity index is 892. The molecule has 1 atom stereocenters. The standard InChI is InChI=1S/C24H40BN5O5/c1-16(2)18(28-21(32)33-22(3,4)5)19(31)29-10-12-30(13-11-29)20-26-14-17(15-27-20)25-34-23(6,7)24(8,9)35-25/h14-16,18H,10-13H2,1-9H3,(H,28,32)/t18-/m0/s1. The van der Waals surface area contributed by atoms with Gasteiger partial charge in [0.15, 0.2) is 0 Å². The Morgan fingerprint density at radius 2 is 1.54 bits per heavy atom. The molecule has 194 valence electrons. The third-order valence-electron chi connectivity index (χ3n) is 6.66. The summed E-state index contributed by atoms with van der Waals surface area (Å²) in [7, 11) is -0.506. The molecule has 3 heterocycles. The molecule has 0 aliphatic carbocycles. The molecule has 0 radical (unpaired) electrons. The van der Waals surface area contributed by atoms with Gasteiger partial charge in [-0.3, -0.25) is 4.79 Å². The molecule has 0 aromatic carbocycles. The number of carbonyl (C=O) groups is 2. The Hall–Kier alpha value is -2.40. The summed E-state index contributed by atoms with van der Waals surface area (Å²) in [6, 6.07) is -0.646. The lowest BCUT2D eigenvalue weighted by molar-refractivity contribution is -0.134. The molecule has 1 aromatic rings. The number of alkyl carbamates (subject to hydrolysis) is 1. The summed E-state index contributed by atoms with van der Waals surface area (Å²) in [5.74, 6) is 0.422. The number of amides is 2. The van der Waals surface area contributed by atoms with E-state index in [1.807, 2.05) is 46.4 Å². The largest absolute Gasteiger partial charge is 0.498 e. The van der Waals surface area contributed by atoms with E-state index in [-0.39, 0.29) is 11.8 Å². The van der Waals surface area contributed by atoms with Crippen LogP contribution in [0.4, 0.5) is 10.7 Å². The first-order valence-electron chi connectivity index (χ1n) is 12.3. The van der Waals surface area contributed by atoms with Crippen molar-refractivity contribution in [1.29, 1.82) is 0 Å². The number of nitrogens with one attached hydrogen (secondary N) is 1. The summed E-state index contributed by atoms with van der Waals surface area (Å²) in [5.41, 5.74) is -0.705. The van der Waals surface area contributed by atoms with Gasteiger partial charge in [-0.25, -0.2) is 14.8 Å². The second kappa shape index (κ2) is 9.93. The zero-order chi connectivity index (χ0) is 26.2. The molecule has 0 bridgehead atoms. The molecule has 2 saturated heterocycles. The van der Waals surface area contributed by atoms with Gasteiger partial charge in [0.25, 0.3) is 0 Å². The molecule has 1 aromatic heterocycles. The minimum Gasteiger partial charge on any atom is -0.444 e. The lowest BCUT2D eigenvalue weighted by Gasteiger charge is -2.37. The summed E-state index contributed by atoms with van der Waals surface area (Å²) < 4.78 is 17.5. The van der Waals surface area contributed by atoms with Gasteiger partial charge in [0.1, 0.15) is 11.6 Å². The van der Waals surface area contributed by atoms with E-state index >= 15 is 0 Å². The Morgan fingerprint density at radius 3 is 2.00 bits per heavy atom. The van der Waals surface area contributed by atoms with Crippen LogP contribution in [0.25, 0.3) is 0 Å². The second-order valence-electron chi connectivity index (χ2n) is 11.6. The van der Waals surface area contributed by atoms with Crippen molar-refractivity contribution in [2.24, 2.45) is 5.92 Å². The molecule has 2 aliphatic heterocycles. The molecule has 11 heteroatoms. The Balaban J connectivity index is 1.57. The van der Waals surface area contributed by atoms with Gasteiger partial charge in [0, 0.05) is 44.0 Å². The van der Waals surface area contributed by atoms with Crippen molar-refractivity contribution in [3.63, 3.8) is 0 Å². The first-order chi connectivity index (χ1) is 16.1. The first-order valence-corrected chi connectivity index (χ1v) is 12.3. The quantitative estimate of drug-likeness (QED) is 0.626. The van der Waals surface area contributed by atoms with Crippen LogP contribution >= 0.6 is 0 Å². The van der Waals surface area contributed by atoms with Crippen LogP contribution in [-0.2, 0) is 18.8 Å². The number of ether oxygens (including phenoxy) is 1. The maximum atomic E-state index is 13.2. The van der Waals surface area contributed by atoms with E-state index < -0.39 is 36.1 Å². The average molecular weight is 489 g/mol. The highest BCUT2D eigenvalue weighted by atomic mass is 16.7. The van der Waals surface area contributed by atoms with Crippen molar-refractivity contribution >= 4 is 30.5 Å². The highest BCUT2D eigenvalue weighted by molar-refractivity contribution is 6.61. The van der Waals surface area contributed by atoms with Crippen molar-refractivity contribution in [1.82, 2.24) is 20.2 Å². The summed E-state index contributed by atoms with van der Waals surface area (Å²) in [4.78, 5) is 38.3. The Morgan fingerprint density at radius 1 is 1.03 bits per heavy atom. The van der Waals surface area contributed by atoms with E-state index in [9.17, 15) is 9.59 Å². The number of hydrogen-bond acceptors (Lipinski definition) is 8. The Labute approximate surface area is 209 Å². The van der Waals surface area contributed by atoms with Gasteiger partial charge in [0.05, 0.1) is 11.2 Å². The third kappa shape index (κ3) is 6.44. The maximum Gasteiger partial charge on any atom is 0.498 e. The summed E-state index contributed by atoms with van der Waals surface area (Å²) in [5, 5.41) is 2.74. The fraction of sp³-hybridized carbons (Fsp3) is 0.750. The molecule has 35 heavy (non-hydrogen) atoms. The number of aromatic nitrogens is 2. The normalized spacial score (nSPS) is 20.7. The van der Waals surface area contributed by atoms with Crippen molar-refractivity contribution < 1.29 is 23.6 Å². The van der Waals surface area contributed by atoms with Crippen molar-refractivity contribution in [3.8, 4) is 0 Å². The van der Waals surface area contributed by atoms with Crippen LogP contribution in [0.15, 0.2) is 12.4 Å². The summed E-state index contributed by atoms with van der Waals surface area (Å²) >= 11 is 0. The number of nitrogens with zero attached hydrogens (tertiary/aromatic N) is 4. The molecule has 0 spiro atoms. The zero-order valence-corrected chi connectivity index (χ0v) is 22.5. The lowest BCUT2D eigenvalue weighted by atomic mass is 9.81. The van der Waals surface area contributed by atoms with E-state index in [1.54, 1.807) is 38.1 Å². The molecule has 1 N–H and O–H groups in total. The van der Waals surface area contributed by atoms with Crippen LogP contribution in [0.1, 0.15) is 62.3 Å². The molecule has 3 rings (SSSR count). The van der Waals surface area contributed by atoms with Crippen LogP contribution in [0.5, 0.6) is 0 Å². The van der Waals surface area contributed by atoms with Gasteiger partial charge in [-0.1, -0.05) is 13.8 Å². The van der Waals surface area contributed by atoms with Gasteiger partial charge in [-0.15, -0.1) is 0 Å². The SMILES string of the molecule is CC(C)[C@H](NC(=O)OC(C)(C)C)C(=O)N1CCN(c2ncc(B3OC(C)(C)C(C)(C)O3)cn2)CC1. The molecule has 10 nitrogen and oxygen atoms in total. The fourth-order valence-electron chi connectivity index (χ4n) is 3.87. The van der Waals surface area contributed by atoms with Crippen LogP contribution in [-0.4, -0.2) is 83.0 Å². The van der Waals surface area contributed by atoms with E-state index in [1.165, 1.54) is 0 Å². The Kier molecular flexibility index (Phi) is 7.71.